The normalized spacial score (nSPS) is 16.5. The molecule has 7 rings (SSSR count). The van der Waals surface area contributed by atoms with Crippen LogP contribution in [0.4, 0.5) is 18.0 Å². The van der Waals surface area contributed by atoms with Crippen molar-refractivity contribution in [2.75, 3.05) is 27.2 Å². The summed E-state index contributed by atoms with van der Waals surface area (Å²) in [6, 6.07) is 21.2. The lowest BCUT2D eigenvalue weighted by Crippen LogP contribution is -2.58. The van der Waals surface area contributed by atoms with E-state index in [9.17, 15) is 41.0 Å². The van der Waals surface area contributed by atoms with E-state index >= 15 is 0 Å². The highest BCUT2D eigenvalue weighted by molar-refractivity contribution is 7.85. The second-order valence-electron chi connectivity index (χ2n) is 14.4. The van der Waals surface area contributed by atoms with Crippen LogP contribution in [0.1, 0.15) is 42.5 Å². The molecule has 282 valence electrons. The number of carbonyl (C=O) groups excluding carboxylic acids is 1. The van der Waals surface area contributed by atoms with Gasteiger partial charge in [-0.25, -0.2) is 27.3 Å². The molecule has 3 aromatic carbocycles. The van der Waals surface area contributed by atoms with Gasteiger partial charge < -0.3 is 14.4 Å². The minimum Gasteiger partial charge on any atom is -0.744 e. The number of nitrogens with zero attached hydrogens (tertiary/aromatic N) is 6. The SMILES string of the molecule is Cc1c(-c2ccnn2-c2ccc(C#N)cc2)n(C(=O)NC2CC3(CC[N+](C)(C)CC3)C2)c(=O)n1-c1cccc(C(F)(F)F)c1.O=S(=O)([O-])c1ccccc1. The van der Waals surface area contributed by atoms with Crippen LogP contribution in [0.25, 0.3) is 22.8 Å². The number of imidazole rings is 1. The predicted molar refractivity (Wildman–Crippen MR) is 192 cm³/mol. The summed E-state index contributed by atoms with van der Waals surface area (Å²) in [4.78, 5) is 27.7. The molecule has 1 N–H and O–H groups in total. The van der Waals surface area contributed by atoms with Gasteiger partial charge in [-0.05, 0) is 85.8 Å². The van der Waals surface area contributed by atoms with E-state index in [-0.39, 0.29) is 33.4 Å². The van der Waals surface area contributed by atoms with Crippen LogP contribution >= 0.6 is 0 Å². The number of likely N-dealkylation sites (tertiary alicyclic amines) is 1. The van der Waals surface area contributed by atoms with Crippen LogP contribution in [0.3, 0.4) is 0 Å². The molecule has 3 heterocycles. The van der Waals surface area contributed by atoms with E-state index in [1.165, 1.54) is 47.3 Å². The van der Waals surface area contributed by atoms with Crippen molar-refractivity contribution >= 4 is 16.1 Å². The first-order valence-electron chi connectivity index (χ1n) is 17.1. The highest BCUT2D eigenvalue weighted by Gasteiger charge is 2.49. The number of alkyl halides is 3. The highest BCUT2D eigenvalue weighted by Crippen LogP contribution is 2.49. The number of piperidine rings is 1. The number of nitrogens with one attached hydrogen (secondary N) is 1. The largest absolute Gasteiger partial charge is 0.744 e. The molecule has 16 heteroatoms. The molecule has 0 unspecified atom stereocenters. The minimum atomic E-state index is -4.61. The maximum Gasteiger partial charge on any atom is 0.416 e. The van der Waals surface area contributed by atoms with Crippen molar-refractivity contribution in [3.63, 3.8) is 0 Å². The molecular formula is C38H38F3N7O5S. The van der Waals surface area contributed by atoms with Crippen molar-refractivity contribution in [3.8, 4) is 28.8 Å². The zero-order valence-electron chi connectivity index (χ0n) is 29.7. The van der Waals surface area contributed by atoms with Crippen LogP contribution in [0.2, 0.25) is 0 Å². The molecule has 0 radical (unpaired) electrons. The Balaban J connectivity index is 0.000000432. The number of benzene rings is 3. The van der Waals surface area contributed by atoms with Crippen LogP contribution in [-0.2, 0) is 16.3 Å². The Hall–Kier alpha value is -5.50. The molecule has 1 spiro atoms. The zero-order valence-corrected chi connectivity index (χ0v) is 30.6. The number of hydrogen-bond acceptors (Lipinski definition) is 7. The van der Waals surface area contributed by atoms with Crippen LogP contribution in [0, 0.1) is 23.7 Å². The van der Waals surface area contributed by atoms with E-state index < -0.39 is 33.6 Å². The van der Waals surface area contributed by atoms with Crippen molar-refractivity contribution in [1.29, 1.82) is 5.26 Å². The lowest BCUT2D eigenvalue weighted by atomic mass is 9.60. The monoisotopic (exact) mass is 761 g/mol. The van der Waals surface area contributed by atoms with Gasteiger partial charge >= 0.3 is 17.9 Å². The van der Waals surface area contributed by atoms with Gasteiger partial charge in [-0.1, -0.05) is 24.3 Å². The van der Waals surface area contributed by atoms with Gasteiger partial charge in [-0.3, -0.25) is 4.57 Å². The maximum absolute atomic E-state index is 14.0. The smallest absolute Gasteiger partial charge is 0.416 e. The summed E-state index contributed by atoms with van der Waals surface area (Å²) in [5.41, 5.74) is 0.387. The molecule has 2 aliphatic rings. The van der Waals surface area contributed by atoms with Gasteiger partial charge in [0, 0.05) is 18.9 Å². The van der Waals surface area contributed by atoms with Crippen LogP contribution in [0.15, 0.2) is 101 Å². The number of carbonyl (C=O) groups is 1. The fourth-order valence-electron chi connectivity index (χ4n) is 7.22. The van der Waals surface area contributed by atoms with Gasteiger partial charge in [0.1, 0.15) is 15.8 Å². The molecule has 1 saturated carbocycles. The van der Waals surface area contributed by atoms with E-state index in [1.807, 2.05) is 0 Å². The maximum atomic E-state index is 14.0. The summed E-state index contributed by atoms with van der Waals surface area (Å²) in [5.74, 6) is 0. The number of halogens is 3. The van der Waals surface area contributed by atoms with Crippen molar-refractivity contribution in [2.45, 2.75) is 49.7 Å². The van der Waals surface area contributed by atoms with Crippen LogP contribution < -0.4 is 11.0 Å². The van der Waals surface area contributed by atoms with Gasteiger partial charge in [-0.2, -0.15) is 23.5 Å². The molecule has 1 aliphatic carbocycles. The molecule has 54 heavy (non-hydrogen) atoms. The minimum absolute atomic E-state index is 0.00916. The Morgan fingerprint density at radius 3 is 2.20 bits per heavy atom. The second-order valence-corrected chi connectivity index (χ2v) is 15.8. The van der Waals surface area contributed by atoms with Gasteiger partial charge in [0.05, 0.1) is 78.2 Å². The first-order chi connectivity index (χ1) is 25.4. The van der Waals surface area contributed by atoms with Crippen molar-refractivity contribution in [3.05, 3.63) is 118 Å². The Kier molecular flexibility index (Phi) is 10.2. The molecule has 1 saturated heterocycles. The van der Waals surface area contributed by atoms with Crippen LogP contribution in [0.5, 0.6) is 0 Å². The second kappa shape index (κ2) is 14.4. The molecule has 2 aromatic heterocycles. The van der Waals surface area contributed by atoms with E-state index in [1.54, 1.807) is 43.3 Å². The molecule has 0 atom stereocenters. The Bertz CT molecular complexity index is 2380. The van der Waals surface area contributed by atoms with Crippen molar-refractivity contribution < 1.29 is 35.4 Å². The molecule has 1 amide bonds. The fraction of sp³-hybridized carbons (Fsp3) is 0.316. The molecule has 0 bridgehead atoms. The van der Waals surface area contributed by atoms with Gasteiger partial charge in [-0.15, -0.1) is 0 Å². The van der Waals surface area contributed by atoms with E-state index in [2.05, 4.69) is 30.6 Å². The third kappa shape index (κ3) is 7.88. The fourth-order valence-corrected chi connectivity index (χ4v) is 7.72. The molecule has 2 fully saturated rings. The average molecular weight is 762 g/mol. The van der Waals surface area contributed by atoms with E-state index in [0.717, 1.165) is 64.5 Å². The van der Waals surface area contributed by atoms with E-state index in [4.69, 9.17) is 0 Å². The van der Waals surface area contributed by atoms with Crippen LogP contribution in [-0.4, -0.2) is 75.6 Å². The van der Waals surface area contributed by atoms with E-state index in [0.29, 0.717) is 16.9 Å². The zero-order chi connectivity index (χ0) is 39.1. The first-order valence-corrected chi connectivity index (χ1v) is 18.5. The number of aromatic nitrogens is 4. The number of rotatable bonds is 5. The lowest BCUT2D eigenvalue weighted by Gasteiger charge is -2.53. The number of hydrogen-bond donors (Lipinski definition) is 1. The third-order valence-electron chi connectivity index (χ3n) is 10.3. The Morgan fingerprint density at radius 2 is 1.63 bits per heavy atom. The number of nitriles is 1. The van der Waals surface area contributed by atoms with Gasteiger partial charge in [0.25, 0.3) is 0 Å². The quantitative estimate of drug-likeness (QED) is 0.174. The molecule has 5 aromatic rings. The van der Waals surface area contributed by atoms with Gasteiger partial charge in [0.2, 0.25) is 0 Å². The summed E-state index contributed by atoms with van der Waals surface area (Å²) in [6.45, 7) is 3.74. The molecular weight excluding hydrogens is 724 g/mol. The molecule has 12 nitrogen and oxygen atoms in total. The first kappa shape index (κ1) is 38.2. The Morgan fingerprint density at radius 1 is 0.981 bits per heavy atom. The molecule has 1 aliphatic heterocycles. The summed E-state index contributed by atoms with van der Waals surface area (Å²) in [5, 5.41) is 16.6. The number of amides is 1. The standard InChI is InChI=1S/C32H32F3N7O2.C6H6O3S/c1-21-28(27-11-14-37-41(27)25-9-7-22(20-36)8-10-25)40(30(44)39(21)26-6-4-5-23(17-26)32(33,34)35)29(43)38-24-18-31(19-24)12-15-42(2,3)16-13-31;7-10(8,9)6-4-2-1-3-5-6/h4-11,14,17,24H,12-13,15-16,18-19H2,1-3H3;1-5H,(H,7,8,9). The lowest BCUT2D eigenvalue weighted by molar-refractivity contribution is -0.898. The van der Waals surface area contributed by atoms with Gasteiger partial charge in [0.15, 0.2) is 0 Å². The summed E-state index contributed by atoms with van der Waals surface area (Å²) in [6.07, 6.45) is 0.690. The van der Waals surface area contributed by atoms with Crippen molar-refractivity contribution in [1.82, 2.24) is 24.2 Å². The summed E-state index contributed by atoms with van der Waals surface area (Å²) in [7, 11) is 0.189. The summed E-state index contributed by atoms with van der Waals surface area (Å²) >= 11 is 0. The van der Waals surface area contributed by atoms with Crippen molar-refractivity contribution in [2.24, 2.45) is 5.41 Å². The average Bonchev–Trinajstić information content (AvgIpc) is 3.70. The topological polar surface area (TPSA) is 155 Å². The summed E-state index contributed by atoms with van der Waals surface area (Å²) < 4.78 is 76.3. The predicted octanol–water partition coefficient (Wildman–Crippen LogP) is 5.86. The third-order valence-corrected chi connectivity index (χ3v) is 11.1. The number of quaternary nitrogens is 1. The Labute approximate surface area is 310 Å². The highest BCUT2D eigenvalue weighted by atomic mass is 32.2.